The molecule has 0 saturated heterocycles. The molecule has 3 nitrogen and oxygen atoms in total. The largest absolute Gasteiger partial charge is 0.466 e. The third kappa shape index (κ3) is 2.87. The Kier molecular flexibility index (Phi) is 5.30. The minimum absolute atomic E-state index is 0.0106. The highest BCUT2D eigenvalue weighted by atomic mass is 16.3. The molecule has 30 heavy (non-hydrogen) atoms. The quantitative estimate of drug-likeness (QED) is 0.388. The summed E-state index contributed by atoms with van der Waals surface area (Å²) < 4.78 is 6.17. The molecule has 3 fully saturated rings. The highest BCUT2D eigenvalue weighted by molar-refractivity contribution is 5.67. The first-order valence-corrected chi connectivity index (χ1v) is 11.7. The number of carbonyl (C=O) groups is 1. The summed E-state index contributed by atoms with van der Waals surface area (Å²) in [4.78, 5) is 11.6. The van der Waals surface area contributed by atoms with Gasteiger partial charge in [0.1, 0.15) is 23.4 Å². The normalized spacial score (nSPS) is 44.3. The third-order valence-electron chi connectivity index (χ3n) is 9.34. The molecule has 1 heterocycles. The van der Waals surface area contributed by atoms with Crippen LogP contribution in [0.3, 0.4) is 0 Å². The predicted octanol–water partition coefficient (Wildman–Crippen LogP) is 5.81. The van der Waals surface area contributed by atoms with Crippen LogP contribution in [0.1, 0.15) is 83.2 Å². The number of aliphatic hydroxyl groups is 1. The van der Waals surface area contributed by atoms with Crippen molar-refractivity contribution in [1.29, 1.82) is 0 Å². The molecule has 0 aromatic carbocycles. The Morgan fingerprint density at radius 1 is 1.27 bits per heavy atom. The zero-order valence-corrected chi connectivity index (χ0v) is 18.9. The monoisotopic (exact) mass is 408 g/mol. The Hall–Kier alpha value is -1.79. The second kappa shape index (κ2) is 7.41. The summed E-state index contributed by atoms with van der Waals surface area (Å²) >= 11 is 0. The molecule has 1 aromatic rings. The number of carbonyl (C=O) groups excluding carboxylic acids is 1. The van der Waals surface area contributed by atoms with Gasteiger partial charge in [-0.1, -0.05) is 38.7 Å². The van der Waals surface area contributed by atoms with E-state index in [9.17, 15) is 9.90 Å². The smallest absolute Gasteiger partial charge is 0.142 e. The van der Waals surface area contributed by atoms with Gasteiger partial charge >= 0.3 is 0 Å². The minimum atomic E-state index is -1.02. The van der Waals surface area contributed by atoms with E-state index < -0.39 is 5.60 Å². The summed E-state index contributed by atoms with van der Waals surface area (Å²) in [6, 6.07) is 4.16. The van der Waals surface area contributed by atoms with Crippen molar-refractivity contribution in [3.8, 4) is 12.3 Å². The number of hydrogen-bond acceptors (Lipinski definition) is 3. The first-order valence-electron chi connectivity index (χ1n) is 11.7. The van der Waals surface area contributed by atoms with E-state index in [1.165, 1.54) is 5.57 Å². The molecule has 3 unspecified atom stereocenters. The van der Waals surface area contributed by atoms with E-state index in [0.717, 1.165) is 56.3 Å². The molecule has 162 valence electrons. The molecule has 0 bridgehead atoms. The summed E-state index contributed by atoms with van der Waals surface area (Å²) in [6.45, 7) is 8.82. The Balaban J connectivity index is 1.85. The van der Waals surface area contributed by atoms with Crippen LogP contribution in [0.25, 0.3) is 0 Å². The standard InChI is InChI=1S/C27H36O3/c1-6-13-25(4)19(12-16-28)17-20(23-9-8-18(3)30-23)24-21(25)10-14-26(5)22(24)11-15-27(26,29)7-2/h2,8-9,12,16,20-22,24,29H,6,10-11,13-15,17H2,1,3-5H3/b19-12-/t20-,21?,22?,24+,25-,26-,27?/m0/s1. The summed E-state index contributed by atoms with van der Waals surface area (Å²) in [5.41, 5.74) is -0.00130. The number of terminal acetylenes is 1. The molecule has 3 aliphatic rings. The van der Waals surface area contributed by atoms with Crippen molar-refractivity contribution in [3.05, 3.63) is 35.3 Å². The van der Waals surface area contributed by atoms with Crippen LogP contribution in [0.2, 0.25) is 0 Å². The first kappa shape index (κ1) is 21.4. The van der Waals surface area contributed by atoms with E-state index in [-0.39, 0.29) is 16.7 Å². The van der Waals surface area contributed by atoms with Crippen molar-refractivity contribution in [3.63, 3.8) is 0 Å². The lowest BCUT2D eigenvalue weighted by atomic mass is 9.44. The fourth-order valence-corrected chi connectivity index (χ4v) is 7.75. The van der Waals surface area contributed by atoms with Crippen LogP contribution >= 0.6 is 0 Å². The van der Waals surface area contributed by atoms with E-state index in [4.69, 9.17) is 10.8 Å². The van der Waals surface area contributed by atoms with Crippen LogP contribution in [-0.2, 0) is 4.79 Å². The summed E-state index contributed by atoms with van der Waals surface area (Å²) in [5.74, 6) is 6.19. The Morgan fingerprint density at radius 2 is 2.00 bits per heavy atom. The van der Waals surface area contributed by atoms with Gasteiger partial charge < -0.3 is 9.52 Å². The van der Waals surface area contributed by atoms with Gasteiger partial charge in [0.15, 0.2) is 0 Å². The summed E-state index contributed by atoms with van der Waals surface area (Å²) in [5, 5.41) is 11.4. The zero-order chi connectivity index (χ0) is 21.7. The predicted molar refractivity (Wildman–Crippen MR) is 119 cm³/mol. The van der Waals surface area contributed by atoms with Gasteiger partial charge in [0.2, 0.25) is 0 Å². The number of aldehydes is 1. The second-order valence-corrected chi connectivity index (χ2v) is 10.5. The highest BCUT2D eigenvalue weighted by Crippen LogP contribution is 2.69. The zero-order valence-electron chi connectivity index (χ0n) is 18.9. The topological polar surface area (TPSA) is 50.4 Å². The number of rotatable bonds is 4. The maximum absolute atomic E-state index is 11.6. The first-order chi connectivity index (χ1) is 14.2. The molecule has 0 aliphatic heterocycles. The van der Waals surface area contributed by atoms with Crippen LogP contribution in [-0.4, -0.2) is 17.0 Å². The maximum Gasteiger partial charge on any atom is 0.142 e. The molecule has 0 radical (unpaired) electrons. The van der Waals surface area contributed by atoms with Gasteiger partial charge in [0.05, 0.1) is 0 Å². The van der Waals surface area contributed by atoms with E-state index in [1.807, 2.05) is 19.1 Å². The Morgan fingerprint density at radius 3 is 2.60 bits per heavy atom. The van der Waals surface area contributed by atoms with Crippen LogP contribution in [0.4, 0.5) is 0 Å². The van der Waals surface area contributed by atoms with Crippen molar-refractivity contribution in [1.82, 2.24) is 0 Å². The number of allylic oxidation sites excluding steroid dienone is 2. The molecule has 7 atom stereocenters. The molecular weight excluding hydrogens is 372 g/mol. The molecule has 0 spiro atoms. The van der Waals surface area contributed by atoms with E-state index in [0.29, 0.717) is 24.2 Å². The molecular formula is C27H36O3. The molecule has 0 amide bonds. The fraction of sp³-hybridized carbons (Fsp3) is 0.667. The molecule has 4 rings (SSSR count). The number of hydrogen-bond donors (Lipinski definition) is 1. The minimum Gasteiger partial charge on any atom is -0.466 e. The number of aryl methyl sites for hydroxylation is 1. The van der Waals surface area contributed by atoms with Gasteiger partial charge in [0.25, 0.3) is 0 Å². The Labute approximate surface area is 181 Å². The van der Waals surface area contributed by atoms with Gasteiger partial charge in [0, 0.05) is 11.3 Å². The van der Waals surface area contributed by atoms with Crippen LogP contribution < -0.4 is 0 Å². The highest BCUT2D eigenvalue weighted by Gasteiger charge is 2.65. The fourth-order valence-electron chi connectivity index (χ4n) is 7.75. The summed E-state index contributed by atoms with van der Waals surface area (Å²) in [6.07, 6.45) is 15.3. The molecule has 1 N–H and O–H groups in total. The van der Waals surface area contributed by atoms with Gasteiger partial charge in [-0.3, -0.25) is 4.79 Å². The van der Waals surface area contributed by atoms with Crippen LogP contribution in [0, 0.1) is 47.9 Å². The van der Waals surface area contributed by atoms with Gasteiger partial charge in [-0.25, -0.2) is 0 Å². The van der Waals surface area contributed by atoms with Crippen molar-refractivity contribution >= 4 is 6.29 Å². The lowest BCUT2D eigenvalue weighted by Crippen LogP contribution is -2.55. The van der Waals surface area contributed by atoms with Gasteiger partial charge in [-0.05, 0) is 86.8 Å². The van der Waals surface area contributed by atoms with Crippen molar-refractivity contribution in [2.24, 2.45) is 28.6 Å². The molecule has 3 saturated carbocycles. The lowest BCUT2D eigenvalue weighted by Gasteiger charge is -2.60. The van der Waals surface area contributed by atoms with Crippen molar-refractivity contribution in [2.45, 2.75) is 84.2 Å². The second-order valence-electron chi connectivity index (χ2n) is 10.5. The van der Waals surface area contributed by atoms with Crippen LogP contribution in [0.15, 0.2) is 28.2 Å². The molecule has 3 heteroatoms. The Bertz CT molecular complexity index is 888. The van der Waals surface area contributed by atoms with Crippen LogP contribution in [0.5, 0.6) is 0 Å². The van der Waals surface area contributed by atoms with E-state index in [2.05, 4.69) is 32.8 Å². The lowest BCUT2D eigenvalue weighted by molar-refractivity contribution is -0.108. The average Bonchev–Trinajstić information content (AvgIpc) is 3.26. The van der Waals surface area contributed by atoms with E-state index >= 15 is 0 Å². The average molecular weight is 409 g/mol. The summed E-state index contributed by atoms with van der Waals surface area (Å²) in [7, 11) is 0. The van der Waals surface area contributed by atoms with Gasteiger partial charge in [-0.2, -0.15) is 0 Å². The molecule has 3 aliphatic carbocycles. The third-order valence-corrected chi connectivity index (χ3v) is 9.34. The van der Waals surface area contributed by atoms with E-state index in [1.54, 1.807) is 0 Å². The molecule has 1 aromatic heterocycles. The number of furan rings is 1. The maximum atomic E-state index is 11.6. The number of fused-ring (bicyclic) bond motifs is 3. The van der Waals surface area contributed by atoms with Crippen molar-refractivity contribution in [2.75, 3.05) is 0 Å². The van der Waals surface area contributed by atoms with Gasteiger partial charge in [-0.15, -0.1) is 6.42 Å². The van der Waals surface area contributed by atoms with Crippen molar-refractivity contribution < 1.29 is 14.3 Å². The SMILES string of the molecule is C#CC1(O)CCC2[C@H]3C(CC[C@@]21C)[C@@](C)(CCC)/C(=C\C=O)C[C@H]3c1ccc(C)o1.